The van der Waals surface area contributed by atoms with E-state index >= 15 is 0 Å². The first-order chi connectivity index (χ1) is 8.90. The zero-order valence-electron chi connectivity index (χ0n) is 10.8. The molecule has 0 bridgehead atoms. The van der Waals surface area contributed by atoms with E-state index in [1.807, 2.05) is 0 Å². The van der Waals surface area contributed by atoms with Crippen molar-refractivity contribution >= 4 is 19.7 Å². The van der Waals surface area contributed by atoms with Crippen LogP contribution in [0, 0.1) is 11.7 Å². The number of hydrogen-bond acceptors (Lipinski definition) is 3. The van der Waals surface area contributed by atoms with Crippen LogP contribution >= 0.6 is 10.7 Å². The highest BCUT2D eigenvalue weighted by atomic mass is 35.7. The third kappa shape index (κ3) is 3.68. The van der Waals surface area contributed by atoms with Crippen LogP contribution in [0.15, 0.2) is 23.1 Å². The molecule has 0 aromatic heterocycles. The summed E-state index contributed by atoms with van der Waals surface area (Å²) in [6.07, 6.45) is 1.56. The van der Waals surface area contributed by atoms with Crippen molar-refractivity contribution in [3.05, 3.63) is 29.6 Å². The molecule has 0 saturated carbocycles. The van der Waals surface area contributed by atoms with Gasteiger partial charge in [0, 0.05) is 17.2 Å². The fourth-order valence-corrected chi connectivity index (χ4v) is 3.76. The van der Waals surface area contributed by atoms with Crippen molar-refractivity contribution in [3.63, 3.8) is 0 Å². The van der Waals surface area contributed by atoms with Crippen LogP contribution in [0.5, 0.6) is 0 Å². The highest BCUT2D eigenvalue weighted by molar-refractivity contribution is 8.13. The van der Waals surface area contributed by atoms with Gasteiger partial charge in [-0.3, -0.25) is 0 Å². The Morgan fingerprint density at radius 1 is 1.47 bits per heavy atom. The Morgan fingerprint density at radius 2 is 2.21 bits per heavy atom. The van der Waals surface area contributed by atoms with Crippen molar-refractivity contribution in [2.45, 2.75) is 24.7 Å². The smallest absolute Gasteiger partial charge is 0.261 e. The molecule has 1 heterocycles. The van der Waals surface area contributed by atoms with Crippen LogP contribution in [-0.2, 0) is 15.5 Å². The van der Waals surface area contributed by atoms with E-state index in [0.29, 0.717) is 17.9 Å². The molecular weight excluding hydrogens is 289 g/mol. The predicted molar refractivity (Wildman–Crippen MR) is 73.4 cm³/mol. The van der Waals surface area contributed by atoms with Crippen molar-refractivity contribution in [1.82, 2.24) is 4.90 Å². The summed E-state index contributed by atoms with van der Waals surface area (Å²) in [6.45, 7) is 5.02. The SMILES string of the molecule is CCN1CC[C@H](Cc2cc(F)ccc2S(=O)(=O)Cl)C1. The summed E-state index contributed by atoms with van der Waals surface area (Å²) in [4.78, 5) is 2.34. The lowest BCUT2D eigenvalue weighted by Gasteiger charge is -2.14. The summed E-state index contributed by atoms with van der Waals surface area (Å²) in [5.74, 6) is -0.0664. The lowest BCUT2D eigenvalue weighted by molar-refractivity contribution is 0.341. The van der Waals surface area contributed by atoms with Gasteiger partial charge in [-0.05, 0) is 55.6 Å². The third-order valence-electron chi connectivity index (χ3n) is 3.61. The van der Waals surface area contributed by atoms with Gasteiger partial charge >= 0.3 is 0 Å². The van der Waals surface area contributed by atoms with Crippen LogP contribution in [0.1, 0.15) is 18.9 Å². The van der Waals surface area contributed by atoms with Crippen LogP contribution in [0.25, 0.3) is 0 Å². The second-order valence-electron chi connectivity index (χ2n) is 4.94. The third-order valence-corrected chi connectivity index (χ3v) is 5.03. The predicted octanol–water partition coefficient (Wildman–Crippen LogP) is 2.64. The first-order valence-corrected chi connectivity index (χ1v) is 8.66. The van der Waals surface area contributed by atoms with Gasteiger partial charge in [0.25, 0.3) is 9.05 Å². The minimum absolute atomic E-state index is 0.0329. The molecule has 6 heteroatoms. The van der Waals surface area contributed by atoms with E-state index in [4.69, 9.17) is 10.7 Å². The molecule has 1 aromatic carbocycles. The molecule has 1 fully saturated rings. The summed E-state index contributed by atoms with van der Waals surface area (Å²) in [7, 11) is 1.58. The van der Waals surface area contributed by atoms with Gasteiger partial charge in [0.05, 0.1) is 4.90 Å². The van der Waals surface area contributed by atoms with Crippen molar-refractivity contribution in [1.29, 1.82) is 0 Å². The maximum atomic E-state index is 13.3. The normalized spacial score (nSPS) is 20.9. The standard InChI is InChI=1S/C13H17ClFNO2S/c1-2-16-6-5-10(9-16)7-11-8-12(15)3-4-13(11)19(14,17)18/h3-4,8,10H,2,5-7,9H2,1H3/t10-/m1/s1. The molecule has 0 radical (unpaired) electrons. The molecule has 2 rings (SSSR count). The molecule has 3 nitrogen and oxygen atoms in total. The molecule has 0 amide bonds. The van der Waals surface area contributed by atoms with Crippen molar-refractivity contribution in [2.75, 3.05) is 19.6 Å². The molecule has 1 atom stereocenters. The number of rotatable bonds is 4. The second-order valence-corrected chi connectivity index (χ2v) is 7.48. The highest BCUT2D eigenvalue weighted by Gasteiger charge is 2.24. The van der Waals surface area contributed by atoms with E-state index in [9.17, 15) is 12.8 Å². The minimum atomic E-state index is -3.82. The summed E-state index contributed by atoms with van der Waals surface area (Å²) in [5.41, 5.74) is 0.484. The largest absolute Gasteiger partial charge is 0.303 e. The van der Waals surface area contributed by atoms with E-state index < -0.39 is 14.9 Å². The lowest BCUT2D eigenvalue weighted by Crippen LogP contribution is -2.20. The minimum Gasteiger partial charge on any atom is -0.303 e. The van der Waals surface area contributed by atoms with Crippen molar-refractivity contribution in [3.8, 4) is 0 Å². The van der Waals surface area contributed by atoms with E-state index in [1.165, 1.54) is 12.1 Å². The molecule has 0 unspecified atom stereocenters. The zero-order valence-corrected chi connectivity index (χ0v) is 12.3. The quantitative estimate of drug-likeness (QED) is 0.803. The maximum absolute atomic E-state index is 13.3. The van der Waals surface area contributed by atoms with E-state index in [1.54, 1.807) is 0 Å². The highest BCUT2D eigenvalue weighted by Crippen LogP contribution is 2.27. The van der Waals surface area contributed by atoms with Gasteiger partial charge in [0.15, 0.2) is 0 Å². The lowest BCUT2D eigenvalue weighted by atomic mass is 9.98. The number of benzene rings is 1. The molecule has 0 spiro atoms. The zero-order chi connectivity index (χ0) is 14.0. The molecule has 1 aliphatic heterocycles. The topological polar surface area (TPSA) is 37.4 Å². The first-order valence-electron chi connectivity index (χ1n) is 6.35. The van der Waals surface area contributed by atoms with Crippen LogP contribution in [0.4, 0.5) is 4.39 Å². The van der Waals surface area contributed by atoms with Gasteiger partial charge in [-0.25, -0.2) is 12.8 Å². The Labute approximate surface area is 117 Å². The Balaban J connectivity index is 2.22. The van der Waals surface area contributed by atoms with E-state index in [0.717, 1.165) is 32.1 Å². The second kappa shape index (κ2) is 5.77. The average molecular weight is 306 g/mol. The van der Waals surface area contributed by atoms with Gasteiger partial charge in [0.1, 0.15) is 5.82 Å². The summed E-state index contributed by atoms with van der Waals surface area (Å²) >= 11 is 0. The summed E-state index contributed by atoms with van der Waals surface area (Å²) in [6, 6.07) is 3.66. The Kier molecular flexibility index (Phi) is 4.48. The number of hydrogen-bond donors (Lipinski definition) is 0. The fraction of sp³-hybridized carbons (Fsp3) is 0.538. The number of halogens is 2. The van der Waals surface area contributed by atoms with Crippen molar-refractivity contribution in [2.24, 2.45) is 5.92 Å². The average Bonchev–Trinajstić information content (AvgIpc) is 2.75. The van der Waals surface area contributed by atoms with E-state index in [2.05, 4.69) is 11.8 Å². The van der Waals surface area contributed by atoms with Gasteiger partial charge in [0.2, 0.25) is 0 Å². The van der Waals surface area contributed by atoms with E-state index in [-0.39, 0.29) is 4.90 Å². The maximum Gasteiger partial charge on any atom is 0.261 e. The van der Waals surface area contributed by atoms with Crippen LogP contribution in [0.3, 0.4) is 0 Å². The molecular formula is C13H17ClFNO2S. The van der Waals surface area contributed by atoms with Crippen LogP contribution in [-0.4, -0.2) is 33.0 Å². The number of likely N-dealkylation sites (tertiary alicyclic amines) is 1. The van der Waals surface area contributed by atoms with Gasteiger partial charge in [-0.2, -0.15) is 0 Å². The van der Waals surface area contributed by atoms with Gasteiger partial charge in [-0.1, -0.05) is 6.92 Å². The van der Waals surface area contributed by atoms with Crippen LogP contribution in [0.2, 0.25) is 0 Å². The molecule has 0 N–H and O–H groups in total. The van der Waals surface area contributed by atoms with Gasteiger partial charge in [-0.15, -0.1) is 0 Å². The first kappa shape index (κ1) is 14.8. The van der Waals surface area contributed by atoms with Gasteiger partial charge < -0.3 is 4.90 Å². The monoisotopic (exact) mass is 305 g/mol. The number of nitrogens with zero attached hydrogens (tertiary/aromatic N) is 1. The molecule has 1 saturated heterocycles. The molecule has 0 aliphatic carbocycles. The Bertz CT molecular complexity index is 562. The molecule has 1 aromatic rings. The molecule has 1 aliphatic rings. The summed E-state index contributed by atoms with van der Waals surface area (Å²) < 4.78 is 36.3. The van der Waals surface area contributed by atoms with Crippen LogP contribution < -0.4 is 0 Å². The molecule has 106 valence electrons. The molecule has 19 heavy (non-hydrogen) atoms. The Morgan fingerprint density at radius 3 is 2.79 bits per heavy atom. The fourth-order valence-electron chi connectivity index (χ4n) is 2.62. The van der Waals surface area contributed by atoms with Crippen molar-refractivity contribution < 1.29 is 12.8 Å². The summed E-state index contributed by atoms with van der Waals surface area (Å²) in [5, 5.41) is 0. The Hall–Kier alpha value is -0.650.